The van der Waals surface area contributed by atoms with Crippen molar-refractivity contribution in [2.24, 2.45) is 0 Å². The quantitative estimate of drug-likeness (QED) is 0.0692. The van der Waals surface area contributed by atoms with E-state index in [1.165, 1.54) is 0 Å². The first-order chi connectivity index (χ1) is 23.1. The number of rotatable bonds is 16. The minimum Gasteiger partial charge on any atom is -0.481 e. The third-order valence-electron chi connectivity index (χ3n) is 8.66. The molecule has 0 aliphatic carbocycles. The van der Waals surface area contributed by atoms with E-state index in [4.69, 9.17) is 0 Å². The summed E-state index contributed by atoms with van der Waals surface area (Å²) in [5.74, 6) is -1.87. The second-order valence-electron chi connectivity index (χ2n) is 11.9. The zero-order valence-corrected chi connectivity index (χ0v) is 26.4. The molecule has 6 N–H and O–H groups in total. The molecule has 246 valence electrons. The molecule has 5 aromatic carbocycles. The summed E-state index contributed by atoms with van der Waals surface area (Å²) >= 11 is 0. The zero-order chi connectivity index (χ0) is 34.2. The summed E-state index contributed by atoms with van der Waals surface area (Å²) in [5.41, 5.74) is 4.07. The molecule has 0 saturated heterocycles. The van der Waals surface area contributed by atoms with Gasteiger partial charge in [-0.15, -0.1) is 0 Å². The predicted octanol–water partition coefficient (Wildman–Crippen LogP) is 2.31. The van der Waals surface area contributed by atoms with Gasteiger partial charge in [-0.2, -0.15) is 0 Å². The topological polar surface area (TPSA) is 162 Å². The molecule has 12 heteroatoms. The van der Waals surface area contributed by atoms with Gasteiger partial charge in [0.2, 0.25) is 0 Å². The number of benzene rings is 5. The number of carboxylic acid groups (broad SMARTS) is 2. The van der Waals surface area contributed by atoms with E-state index in [1.54, 1.807) is 24.3 Å². The van der Waals surface area contributed by atoms with Gasteiger partial charge in [0.05, 0.1) is 12.8 Å². The molecule has 0 aromatic heterocycles. The van der Waals surface area contributed by atoms with Gasteiger partial charge in [0.15, 0.2) is 0 Å². The van der Waals surface area contributed by atoms with Crippen LogP contribution in [0.5, 0.6) is 0 Å². The van der Waals surface area contributed by atoms with Crippen LogP contribution in [0.1, 0.15) is 35.1 Å². The Bertz CT molecular complexity index is 1710. The van der Waals surface area contributed by atoms with Crippen LogP contribution in [0, 0.1) is 0 Å². The number of carbonyl (C=O) groups is 2. The number of hydrogen-bond acceptors (Lipinski definition) is 8. The summed E-state index contributed by atoms with van der Waals surface area (Å²) in [7, 11) is -3.33. The first-order valence-corrected chi connectivity index (χ1v) is 15.8. The van der Waals surface area contributed by atoms with Crippen LogP contribution in [-0.2, 0) is 35.8 Å². The van der Waals surface area contributed by atoms with Crippen molar-refractivity contribution >= 4 is 58.6 Å². The first-order valence-electron chi connectivity index (χ1n) is 15.8. The number of nitrogens with zero attached hydrogens (tertiary/aromatic N) is 2. The molecule has 0 amide bonds. The number of hydrogen-bond donors (Lipinski definition) is 6. The lowest BCUT2D eigenvalue weighted by molar-refractivity contribution is -0.138. The number of fused-ring (bicyclic) bond motifs is 2. The molecule has 0 bridgehead atoms. The predicted molar refractivity (Wildman–Crippen MR) is 187 cm³/mol. The Morgan fingerprint density at radius 3 is 1.10 bits per heavy atom. The van der Waals surface area contributed by atoms with Crippen LogP contribution >= 0.6 is 0 Å². The van der Waals surface area contributed by atoms with E-state index in [-0.39, 0.29) is 25.9 Å². The maximum atomic E-state index is 11.7. The molecule has 0 fully saturated rings. The zero-order valence-electron chi connectivity index (χ0n) is 26.4. The van der Waals surface area contributed by atoms with E-state index in [2.05, 4.69) is 0 Å². The van der Waals surface area contributed by atoms with Gasteiger partial charge < -0.3 is 30.3 Å². The molecule has 0 spiro atoms. The largest absolute Gasteiger partial charge is 0.488 e. The van der Waals surface area contributed by atoms with Gasteiger partial charge in [0, 0.05) is 39.3 Å². The van der Waals surface area contributed by atoms with E-state index < -0.39 is 26.2 Å². The Kier molecular flexibility index (Phi) is 11.6. The van der Waals surface area contributed by atoms with Crippen LogP contribution in [0.4, 0.5) is 0 Å². The molecule has 48 heavy (non-hydrogen) atoms. The molecule has 0 heterocycles. The molecule has 0 saturated carbocycles. The highest BCUT2D eigenvalue weighted by molar-refractivity contribution is 6.59. The van der Waals surface area contributed by atoms with Crippen LogP contribution in [0.3, 0.4) is 0 Å². The van der Waals surface area contributed by atoms with Gasteiger partial charge in [-0.05, 0) is 54.7 Å². The van der Waals surface area contributed by atoms with Crippen molar-refractivity contribution in [1.82, 2.24) is 9.80 Å². The highest BCUT2D eigenvalue weighted by Gasteiger charge is 2.23. The van der Waals surface area contributed by atoms with Crippen molar-refractivity contribution in [2.45, 2.75) is 39.0 Å². The van der Waals surface area contributed by atoms with Crippen molar-refractivity contribution in [3.05, 3.63) is 119 Å². The summed E-state index contributed by atoms with van der Waals surface area (Å²) in [5, 5.41) is 63.0. The molecule has 10 nitrogen and oxygen atoms in total. The Balaban J connectivity index is 1.59. The lowest BCUT2D eigenvalue weighted by atomic mass is 9.77. The van der Waals surface area contributed by atoms with Gasteiger partial charge in [-0.3, -0.25) is 19.4 Å². The Morgan fingerprint density at radius 2 is 0.792 bits per heavy atom. The number of aliphatic carboxylic acids is 2. The Morgan fingerprint density at radius 1 is 0.479 bits per heavy atom. The van der Waals surface area contributed by atoms with E-state index in [0.29, 0.717) is 48.2 Å². The van der Waals surface area contributed by atoms with Crippen molar-refractivity contribution in [3.8, 4) is 0 Å². The highest BCUT2D eigenvalue weighted by atomic mass is 16.4. The van der Waals surface area contributed by atoms with Crippen LogP contribution in [0.2, 0.25) is 0 Å². The Hall–Kier alpha value is -4.55. The minimum atomic E-state index is -1.67. The molecule has 0 unspecified atom stereocenters. The van der Waals surface area contributed by atoms with Gasteiger partial charge >= 0.3 is 26.2 Å². The van der Waals surface area contributed by atoms with Gasteiger partial charge in [0.1, 0.15) is 0 Å². The summed E-state index contributed by atoms with van der Waals surface area (Å²) in [4.78, 5) is 27.3. The van der Waals surface area contributed by atoms with E-state index in [1.807, 2.05) is 82.6 Å². The molecule has 5 aromatic rings. The molecule has 5 rings (SSSR count). The van der Waals surface area contributed by atoms with Crippen LogP contribution in [0.15, 0.2) is 97.1 Å². The smallest absolute Gasteiger partial charge is 0.481 e. The fourth-order valence-electron chi connectivity index (χ4n) is 6.37. The van der Waals surface area contributed by atoms with E-state index >= 15 is 0 Å². The Labute approximate surface area is 279 Å². The van der Waals surface area contributed by atoms with E-state index in [9.17, 15) is 39.9 Å². The standard InChI is InChI=1S/C36H38B2N2O8/c41-35(42)17-19-39(21-25-9-1-7-15-33(25)37(45)46)23-31-27-11-3-5-13-29(27)32(30-14-6-4-12-28(30)31)24-40(20-18-36(43)44)22-26-10-2-8-16-34(26)38(47)48/h1-16,45-48H,17-24H2,(H,41,42)(H,43,44). The summed E-state index contributed by atoms with van der Waals surface area (Å²) in [6.45, 7) is 1.82. The molecule has 0 radical (unpaired) electrons. The van der Waals surface area contributed by atoms with Crippen molar-refractivity contribution in [3.63, 3.8) is 0 Å². The third-order valence-corrected chi connectivity index (χ3v) is 8.66. The molecule has 0 aliphatic rings. The maximum Gasteiger partial charge on any atom is 0.488 e. The molecular formula is C36H38B2N2O8. The van der Waals surface area contributed by atoms with Crippen LogP contribution in [0.25, 0.3) is 21.5 Å². The highest BCUT2D eigenvalue weighted by Crippen LogP contribution is 2.35. The lowest BCUT2D eigenvalue weighted by Gasteiger charge is -2.28. The normalized spacial score (nSPS) is 11.5. The monoisotopic (exact) mass is 648 g/mol. The van der Waals surface area contributed by atoms with Gasteiger partial charge in [-0.1, -0.05) is 97.1 Å². The minimum absolute atomic E-state index is 0.0969. The number of carboxylic acids is 2. The van der Waals surface area contributed by atoms with Crippen molar-refractivity contribution < 1.29 is 39.9 Å². The van der Waals surface area contributed by atoms with Crippen molar-refractivity contribution in [1.29, 1.82) is 0 Å². The van der Waals surface area contributed by atoms with E-state index in [0.717, 1.165) is 32.7 Å². The van der Waals surface area contributed by atoms with Crippen LogP contribution in [-0.4, -0.2) is 79.4 Å². The molecule has 0 atom stereocenters. The fraction of sp³-hybridized carbons (Fsp3) is 0.222. The SMILES string of the molecule is O=C(O)CCN(Cc1ccccc1B(O)O)Cc1c2ccccc2c(CN(CCC(=O)O)Cc2ccccc2B(O)O)c2ccccc12. The third kappa shape index (κ3) is 8.48. The maximum absolute atomic E-state index is 11.7. The molecular weight excluding hydrogens is 610 g/mol. The average Bonchev–Trinajstić information content (AvgIpc) is 3.07. The molecule has 0 aliphatic heterocycles. The average molecular weight is 648 g/mol. The van der Waals surface area contributed by atoms with Gasteiger partial charge in [-0.25, -0.2) is 0 Å². The summed E-state index contributed by atoms with van der Waals surface area (Å²) < 4.78 is 0. The fourth-order valence-corrected chi connectivity index (χ4v) is 6.37. The second-order valence-corrected chi connectivity index (χ2v) is 11.9. The summed E-state index contributed by atoms with van der Waals surface area (Å²) in [6.07, 6.45) is -0.194. The van der Waals surface area contributed by atoms with Crippen LogP contribution < -0.4 is 10.9 Å². The first kappa shape index (κ1) is 34.8. The van der Waals surface area contributed by atoms with Gasteiger partial charge in [0.25, 0.3) is 0 Å². The lowest BCUT2D eigenvalue weighted by Crippen LogP contribution is -2.36. The summed E-state index contributed by atoms with van der Waals surface area (Å²) in [6, 6.07) is 29.9. The van der Waals surface area contributed by atoms with Crippen molar-refractivity contribution in [2.75, 3.05) is 13.1 Å². The second kappa shape index (κ2) is 16.0.